The Bertz CT molecular complexity index is 405. The fourth-order valence-corrected chi connectivity index (χ4v) is 2.06. The lowest BCUT2D eigenvalue weighted by atomic mass is 9.90. The lowest BCUT2D eigenvalue weighted by Crippen LogP contribution is -2.29. The Labute approximate surface area is 118 Å². The summed E-state index contributed by atoms with van der Waals surface area (Å²) in [7, 11) is 0. The summed E-state index contributed by atoms with van der Waals surface area (Å²) in [6.45, 7) is 15.8. The maximum absolute atomic E-state index is 5.83. The molecule has 0 aliphatic rings. The predicted octanol–water partition coefficient (Wildman–Crippen LogP) is 3.32. The van der Waals surface area contributed by atoms with Crippen molar-refractivity contribution in [3.8, 4) is 0 Å². The first-order chi connectivity index (χ1) is 8.77. The van der Waals surface area contributed by atoms with Gasteiger partial charge in [-0.15, -0.1) is 0 Å². The molecular weight excluding hydrogens is 234 g/mol. The molecule has 1 aromatic rings. The summed E-state index contributed by atoms with van der Waals surface area (Å²) in [4.78, 5) is 7.18. The Morgan fingerprint density at radius 2 is 1.89 bits per heavy atom. The van der Waals surface area contributed by atoms with Crippen LogP contribution >= 0.6 is 0 Å². The summed E-state index contributed by atoms with van der Waals surface area (Å²) < 4.78 is 0. The molecule has 0 radical (unpaired) electrons. The highest BCUT2D eigenvalue weighted by Gasteiger charge is 2.18. The molecule has 0 spiro atoms. The van der Waals surface area contributed by atoms with Gasteiger partial charge in [-0.25, -0.2) is 4.98 Å². The number of anilines is 1. The molecule has 3 nitrogen and oxygen atoms in total. The highest BCUT2D eigenvalue weighted by atomic mass is 15.2. The third-order valence-corrected chi connectivity index (χ3v) is 3.17. The lowest BCUT2D eigenvalue weighted by molar-refractivity contribution is 0.562. The van der Waals surface area contributed by atoms with Crippen LogP contribution in [0, 0.1) is 5.92 Å². The van der Waals surface area contributed by atoms with Gasteiger partial charge >= 0.3 is 0 Å². The van der Waals surface area contributed by atoms with Crippen molar-refractivity contribution in [3.05, 3.63) is 23.4 Å². The molecule has 0 unspecified atom stereocenters. The topological polar surface area (TPSA) is 42.1 Å². The molecule has 1 rings (SSSR count). The third kappa shape index (κ3) is 4.50. The second kappa shape index (κ2) is 6.38. The van der Waals surface area contributed by atoms with E-state index >= 15 is 0 Å². The standard InChI is InChI=1S/C16H29N3/c1-7-19(11-12(2)3)15-9-13(10-17)8-14(18-15)16(4,5)6/h8-9,12H,7,10-11,17H2,1-6H3. The van der Waals surface area contributed by atoms with Gasteiger partial charge < -0.3 is 10.6 Å². The molecule has 1 aromatic heterocycles. The molecule has 0 saturated heterocycles. The zero-order chi connectivity index (χ0) is 14.6. The number of hydrogen-bond donors (Lipinski definition) is 1. The third-order valence-electron chi connectivity index (χ3n) is 3.17. The van der Waals surface area contributed by atoms with Crippen LogP contribution in [0.2, 0.25) is 0 Å². The van der Waals surface area contributed by atoms with Crippen molar-refractivity contribution < 1.29 is 0 Å². The number of nitrogens with zero attached hydrogens (tertiary/aromatic N) is 2. The smallest absolute Gasteiger partial charge is 0.129 e. The second-order valence-corrected chi connectivity index (χ2v) is 6.61. The molecule has 19 heavy (non-hydrogen) atoms. The largest absolute Gasteiger partial charge is 0.357 e. The molecule has 0 aromatic carbocycles. The summed E-state index contributed by atoms with van der Waals surface area (Å²) in [5, 5.41) is 0. The molecule has 108 valence electrons. The lowest BCUT2D eigenvalue weighted by Gasteiger charge is -2.27. The Balaban J connectivity index is 3.18. The Morgan fingerprint density at radius 1 is 1.26 bits per heavy atom. The Morgan fingerprint density at radius 3 is 2.32 bits per heavy atom. The number of pyridine rings is 1. The molecule has 3 heteroatoms. The Kier molecular flexibility index (Phi) is 5.36. The number of aromatic nitrogens is 1. The van der Waals surface area contributed by atoms with E-state index < -0.39 is 0 Å². The van der Waals surface area contributed by atoms with E-state index in [1.807, 2.05) is 0 Å². The maximum Gasteiger partial charge on any atom is 0.129 e. The van der Waals surface area contributed by atoms with Crippen LogP contribution in [0.3, 0.4) is 0 Å². The zero-order valence-corrected chi connectivity index (χ0v) is 13.3. The number of hydrogen-bond acceptors (Lipinski definition) is 3. The summed E-state index contributed by atoms with van der Waals surface area (Å²) in [6, 6.07) is 4.26. The van der Waals surface area contributed by atoms with Crippen LogP contribution in [0.25, 0.3) is 0 Å². The minimum atomic E-state index is 0.0528. The van der Waals surface area contributed by atoms with Gasteiger partial charge in [0.2, 0.25) is 0 Å². The van der Waals surface area contributed by atoms with E-state index in [4.69, 9.17) is 10.7 Å². The van der Waals surface area contributed by atoms with Crippen molar-refractivity contribution in [1.82, 2.24) is 4.98 Å². The fraction of sp³-hybridized carbons (Fsp3) is 0.688. The van der Waals surface area contributed by atoms with Crippen LogP contribution < -0.4 is 10.6 Å². The van der Waals surface area contributed by atoms with E-state index in [1.165, 1.54) is 0 Å². The minimum Gasteiger partial charge on any atom is -0.357 e. The van der Waals surface area contributed by atoms with Crippen LogP contribution in [0.5, 0.6) is 0 Å². The van der Waals surface area contributed by atoms with Crippen molar-refractivity contribution in [1.29, 1.82) is 0 Å². The molecule has 2 N–H and O–H groups in total. The molecule has 0 fully saturated rings. The van der Waals surface area contributed by atoms with Gasteiger partial charge in [-0.1, -0.05) is 34.6 Å². The van der Waals surface area contributed by atoms with E-state index in [-0.39, 0.29) is 5.41 Å². The zero-order valence-electron chi connectivity index (χ0n) is 13.3. The van der Waals surface area contributed by atoms with Gasteiger partial charge in [-0.3, -0.25) is 0 Å². The minimum absolute atomic E-state index is 0.0528. The van der Waals surface area contributed by atoms with E-state index in [1.54, 1.807) is 0 Å². The molecule has 0 aliphatic heterocycles. The van der Waals surface area contributed by atoms with E-state index in [9.17, 15) is 0 Å². The van der Waals surface area contributed by atoms with E-state index in [0.29, 0.717) is 12.5 Å². The SMILES string of the molecule is CCN(CC(C)C)c1cc(CN)cc(C(C)(C)C)n1. The number of nitrogens with two attached hydrogens (primary N) is 1. The first-order valence-corrected chi connectivity index (χ1v) is 7.24. The summed E-state index contributed by atoms with van der Waals surface area (Å²) in [5.41, 5.74) is 8.16. The van der Waals surface area contributed by atoms with Crippen LogP contribution in [0.4, 0.5) is 5.82 Å². The quantitative estimate of drug-likeness (QED) is 0.886. The van der Waals surface area contributed by atoms with Crippen LogP contribution in [-0.4, -0.2) is 18.1 Å². The number of rotatable bonds is 5. The van der Waals surface area contributed by atoms with Crippen molar-refractivity contribution >= 4 is 5.82 Å². The van der Waals surface area contributed by atoms with Gasteiger partial charge in [0, 0.05) is 30.7 Å². The highest BCUT2D eigenvalue weighted by molar-refractivity contribution is 5.44. The van der Waals surface area contributed by atoms with Crippen LogP contribution in [0.15, 0.2) is 12.1 Å². The van der Waals surface area contributed by atoms with Gasteiger partial charge in [0.1, 0.15) is 5.82 Å². The summed E-state index contributed by atoms with van der Waals surface area (Å²) in [5.74, 6) is 1.69. The average Bonchev–Trinajstić information content (AvgIpc) is 2.34. The van der Waals surface area contributed by atoms with Crippen molar-refractivity contribution in [2.24, 2.45) is 11.7 Å². The Hall–Kier alpha value is -1.09. The van der Waals surface area contributed by atoms with E-state index in [2.05, 4.69) is 58.6 Å². The van der Waals surface area contributed by atoms with Gasteiger partial charge in [0.25, 0.3) is 0 Å². The first kappa shape index (κ1) is 16.0. The molecule has 0 atom stereocenters. The normalized spacial score (nSPS) is 12.0. The molecule has 0 bridgehead atoms. The van der Waals surface area contributed by atoms with Crippen LogP contribution in [-0.2, 0) is 12.0 Å². The first-order valence-electron chi connectivity index (χ1n) is 7.24. The fourth-order valence-electron chi connectivity index (χ4n) is 2.06. The second-order valence-electron chi connectivity index (χ2n) is 6.61. The average molecular weight is 263 g/mol. The van der Waals surface area contributed by atoms with Gasteiger partial charge in [0.15, 0.2) is 0 Å². The molecular formula is C16H29N3. The van der Waals surface area contributed by atoms with Crippen molar-refractivity contribution in [2.45, 2.75) is 53.5 Å². The van der Waals surface area contributed by atoms with Crippen molar-refractivity contribution in [2.75, 3.05) is 18.0 Å². The monoisotopic (exact) mass is 263 g/mol. The summed E-state index contributed by atoms with van der Waals surface area (Å²) >= 11 is 0. The maximum atomic E-state index is 5.83. The van der Waals surface area contributed by atoms with Gasteiger partial charge in [0.05, 0.1) is 0 Å². The molecule has 0 saturated carbocycles. The molecule has 1 heterocycles. The van der Waals surface area contributed by atoms with Gasteiger partial charge in [-0.2, -0.15) is 0 Å². The van der Waals surface area contributed by atoms with Crippen molar-refractivity contribution in [3.63, 3.8) is 0 Å². The predicted molar refractivity (Wildman–Crippen MR) is 83.6 cm³/mol. The highest BCUT2D eigenvalue weighted by Crippen LogP contribution is 2.25. The van der Waals surface area contributed by atoms with Gasteiger partial charge in [-0.05, 0) is 30.5 Å². The molecule has 0 amide bonds. The molecule has 0 aliphatic carbocycles. The van der Waals surface area contributed by atoms with E-state index in [0.717, 1.165) is 30.2 Å². The summed E-state index contributed by atoms with van der Waals surface area (Å²) in [6.07, 6.45) is 0. The van der Waals surface area contributed by atoms with Crippen LogP contribution in [0.1, 0.15) is 52.8 Å².